The second-order valence-corrected chi connectivity index (χ2v) is 6.79. The van der Waals surface area contributed by atoms with Gasteiger partial charge >= 0.3 is 47.7 Å². The number of pyridine rings is 1. The zero-order chi connectivity index (χ0) is 22.7. The molecule has 32 heavy (non-hydrogen) atoms. The number of methoxy groups -OCH3 is 2. The number of nitrogens with one attached hydrogen (secondary N) is 2. The third-order valence-corrected chi connectivity index (χ3v) is 4.46. The predicted molar refractivity (Wildman–Crippen MR) is 97.1 cm³/mol. The Bertz CT molecular complexity index is 1080. The van der Waals surface area contributed by atoms with E-state index in [4.69, 9.17) is 14.6 Å². The maximum absolute atomic E-state index is 12.8. The van der Waals surface area contributed by atoms with E-state index in [2.05, 4.69) is 15.0 Å². The number of sulfonamides is 1. The first kappa shape index (κ1) is 29.3. The van der Waals surface area contributed by atoms with Gasteiger partial charge in [0.2, 0.25) is 17.7 Å². The number of nitrogens with zero attached hydrogens (tertiary/aromatic N) is 3. The van der Waals surface area contributed by atoms with Crippen LogP contribution >= 0.6 is 0 Å². The minimum atomic E-state index is -5.14. The van der Waals surface area contributed by atoms with E-state index in [-0.39, 0.29) is 48.7 Å². The number of ether oxygens (including phenoxy) is 2. The summed E-state index contributed by atoms with van der Waals surface area (Å²) in [5.74, 6) is -2.48. The predicted octanol–water partition coefficient (Wildman–Crippen LogP) is -1.43. The Balaban J connectivity index is 0.00000480. The molecule has 0 saturated heterocycles. The van der Waals surface area contributed by atoms with Crippen LogP contribution in [0.4, 0.5) is 23.9 Å². The average Bonchev–Trinajstić information content (AvgIpc) is 2.65. The van der Waals surface area contributed by atoms with E-state index in [9.17, 15) is 31.2 Å². The summed E-state index contributed by atoms with van der Waals surface area (Å²) in [6.07, 6.45) is -5.06. The smallest absolute Gasteiger partial charge is 0.481 e. The van der Waals surface area contributed by atoms with Crippen molar-refractivity contribution in [2.75, 3.05) is 19.5 Å². The molecule has 0 atom stereocenters. The maximum atomic E-state index is 12.8. The number of carboxylic acids is 1. The summed E-state index contributed by atoms with van der Waals surface area (Å²) < 4.78 is 74.2. The van der Waals surface area contributed by atoms with Crippen LogP contribution in [0, 0.1) is 7.43 Å². The minimum Gasteiger partial charge on any atom is -0.481 e. The van der Waals surface area contributed by atoms with E-state index in [0.717, 1.165) is 0 Å². The molecule has 0 aromatic carbocycles. The number of aromatic carboxylic acids is 1. The van der Waals surface area contributed by atoms with Gasteiger partial charge in [-0.1, -0.05) is 0 Å². The monoisotopic (exact) mass is 489 g/mol. The SMILES string of the molecule is COc1cc(OC)nc(NC(=O)NS(=O)(=O)c2nc(C(F)(F)F)ccc2C(=O)O)n1.[CH3-].[Na+]. The molecule has 0 spiro atoms. The zero-order valence-electron chi connectivity index (χ0n) is 17.0. The van der Waals surface area contributed by atoms with Crippen LogP contribution in [0.5, 0.6) is 11.8 Å². The first-order chi connectivity index (χ1) is 13.9. The molecule has 0 unspecified atom stereocenters. The number of aromatic nitrogens is 3. The van der Waals surface area contributed by atoms with Crippen LogP contribution in [0.1, 0.15) is 16.1 Å². The van der Waals surface area contributed by atoms with Crippen LogP contribution in [0.25, 0.3) is 0 Å². The number of alkyl halides is 3. The molecule has 2 aromatic heterocycles. The molecule has 0 saturated carbocycles. The van der Waals surface area contributed by atoms with Gasteiger partial charge in [0.15, 0.2) is 5.03 Å². The number of halogens is 3. The van der Waals surface area contributed by atoms with Gasteiger partial charge in [-0.25, -0.2) is 19.3 Å². The van der Waals surface area contributed by atoms with E-state index in [1.54, 1.807) is 0 Å². The Morgan fingerprint density at radius 3 is 2.03 bits per heavy atom. The van der Waals surface area contributed by atoms with Gasteiger partial charge in [0.05, 0.1) is 25.8 Å². The van der Waals surface area contributed by atoms with E-state index in [0.29, 0.717) is 12.1 Å². The Hall–Kier alpha value is -2.69. The van der Waals surface area contributed by atoms with Gasteiger partial charge in [-0.2, -0.15) is 31.6 Å². The number of carbonyl (C=O) groups is 2. The number of carbonyl (C=O) groups excluding carboxylic acids is 1. The Morgan fingerprint density at radius 1 is 1.06 bits per heavy atom. The van der Waals surface area contributed by atoms with Crippen molar-refractivity contribution in [3.63, 3.8) is 0 Å². The average molecular weight is 489 g/mol. The third kappa shape index (κ3) is 7.18. The van der Waals surface area contributed by atoms with Crippen molar-refractivity contribution in [1.29, 1.82) is 0 Å². The van der Waals surface area contributed by atoms with Gasteiger partial charge in [0.25, 0.3) is 10.0 Å². The molecule has 0 bridgehead atoms. The normalized spacial score (nSPS) is 10.8. The van der Waals surface area contributed by atoms with Crippen molar-refractivity contribution < 1.29 is 75.3 Å². The van der Waals surface area contributed by atoms with Gasteiger partial charge < -0.3 is 22.0 Å². The van der Waals surface area contributed by atoms with Gasteiger partial charge in [-0.05, 0) is 12.1 Å². The fourth-order valence-corrected chi connectivity index (χ4v) is 2.99. The molecule has 0 aliphatic carbocycles. The molecule has 170 valence electrons. The van der Waals surface area contributed by atoms with E-state index in [1.165, 1.54) is 25.0 Å². The van der Waals surface area contributed by atoms with E-state index in [1.807, 2.05) is 5.32 Å². The molecule has 0 aliphatic heterocycles. The maximum Gasteiger partial charge on any atom is 1.00 e. The van der Waals surface area contributed by atoms with Crippen molar-refractivity contribution in [2.24, 2.45) is 0 Å². The third-order valence-electron chi connectivity index (χ3n) is 3.19. The standard InChI is InChI=1S/C14H12F3N5O7S.CH3.Na/c1-28-8-5-9(29-2)20-12(19-8)21-13(25)22-30(26,27)10-6(11(23)24)3-4-7(18-10)14(15,16)17;;/h3-5H,1-2H3,(H,23,24)(H2,19,20,21,22,25);1H3;/q;-1;+1. The molecule has 0 radical (unpaired) electrons. The minimum absolute atomic E-state index is 0. The molecule has 2 amide bonds. The molecular formula is C15H15F3N5NaO7S. The zero-order valence-corrected chi connectivity index (χ0v) is 19.8. The van der Waals surface area contributed by atoms with Gasteiger partial charge in [-0.3, -0.25) is 5.32 Å². The molecular weight excluding hydrogens is 474 g/mol. The van der Waals surface area contributed by atoms with Crippen molar-refractivity contribution in [2.45, 2.75) is 11.2 Å². The number of hydrogen-bond donors (Lipinski definition) is 3. The first-order valence-corrected chi connectivity index (χ1v) is 8.98. The number of anilines is 1. The molecule has 0 aliphatic rings. The Labute approximate surface area is 201 Å². The topological polar surface area (TPSA) is 170 Å². The largest absolute Gasteiger partial charge is 1.00 e. The molecule has 12 nitrogen and oxygen atoms in total. The summed E-state index contributed by atoms with van der Waals surface area (Å²) in [6.45, 7) is 0. The summed E-state index contributed by atoms with van der Waals surface area (Å²) in [7, 11) is -2.66. The molecule has 2 aromatic rings. The number of carboxylic acid groups (broad SMARTS) is 1. The van der Waals surface area contributed by atoms with Gasteiger partial charge in [0.1, 0.15) is 5.69 Å². The van der Waals surface area contributed by atoms with Crippen LogP contribution in [-0.2, 0) is 16.2 Å². The Kier molecular flexibility index (Phi) is 10.3. The van der Waals surface area contributed by atoms with Crippen LogP contribution in [0.3, 0.4) is 0 Å². The van der Waals surface area contributed by atoms with Crippen LogP contribution < -0.4 is 49.1 Å². The van der Waals surface area contributed by atoms with Crippen LogP contribution in [0.2, 0.25) is 0 Å². The summed E-state index contributed by atoms with van der Waals surface area (Å²) in [5.41, 5.74) is -2.75. The first-order valence-electron chi connectivity index (χ1n) is 7.49. The van der Waals surface area contributed by atoms with Crippen LogP contribution in [0.15, 0.2) is 23.2 Å². The molecule has 2 rings (SSSR count). The molecule has 2 heterocycles. The molecule has 0 fully saturated rings. The second-order valence-electron chi connectivity index (χ2n) is 5.19. The number of rotatable bonds is 6. The molecule has 17 heteroatoms. The van der Waals surface area contributed by atoms with E-state index >= 15 is 0 Å². The van der Waals surface area contributed by atoms with Crippen molar-refractivity contribution in [3.05, 3.63) is 36.9 Å². The quantitative estimate of drug-likeness (QED) is 0.323. The fraction of sp³-hybridized carbons (Fsp3) is 0.200. The summed E-state index contributed by atoms with van der Waals surface area (Å²) in [6, 6.07) is 0.423. The summed E-state index contributed by atoms with van der Waals surface area (Å²) in [4.78, 5) is 33.4. The van der Waals surface area contributed by atoms with E-state index < -0.39 is 50.4 Å². The van der Waals surface area contributed by atoms with Crippen LogP contribution in [-0.4, -0.2) is 54.7 Å². The fourth-order valence-electron chi connectivity index (χ4n) is 1.93. The Morgan fingerprint density at radius 2 is 1.59 bits per heavy atom. The summed E-state index contributed by atoms with van der Waals surface area (Å²) >= 11 is 0. The van der Waals surface area contributed by atoms with Crippen molar-refractivity contribution in [3.8, 4) is 11.8 Å². The number of amides is 2. The van der Waals surface area contributed by atoms with Crippen molar-refractivity contribution >= 4 is 28.0 Å². The van der Waals surface area contributed by atoms with Crippen molar-refractivity contribution in [1.82, 2.24) is 19.7 Å². The number of urea groups is 1. The molecule has 3 N–H and O–H groups in total. The second kappa shape index (κ2) is 11.3. The summed E-state index contributed by atoms with van der Waals surface area (Å²) in [5, 5.41) is 9.44. The van der Waals surface area contributed by atoms with Gasteiger partial charge in [-0.15, -0.1) is 0 Å². The number of hydrogen-bond acceptors (Lipinski definition) is 9. The van der Waals surface area contributed by atoms with Gasteiger partial charge in [0, 0.05) is 0 Å².